The van der Waals surface area contributed by atoms with Crippen molar-refractivity contribution in [3.05, 3.63) is 65.7 Å². The molecule has 128 valence electrons. The van der Waals surface area contributed by atoms with Gasteiger partial charge >= 0.3 is 0 Å². The number of hydrogen-bond acceptors (Lipinski definition) is 2. The maximum Gasteiger partial charge on any atom is 0.242 e. The maximum absolute atomic E-state index is 13.8. The van der Waals surface area contributed by atoms with Crippen LogP contribution in [0.3, 0.4) is 0 Å². The summed E-state index contributed by atoms with van der Waals surface area (Å²) in [4.78, 5) is 14.1. The lowest BCUT2D eigenvalue weighted by Crippen LogP contribution is -2.37. The van der Waals surface area contributed by atoms with Gasteiger partial charge in [0.25, 0.3) is 0 Å². The van der Waals surface area contributed by atoms with E-state index in [1.54, 1.807) is 4.90 Å². The number of rotatable bonds is 6. The summed E-state index contributed by atoms with van der Waals surface area (Å²) in [6.45, 7) is 0.329. The van der Waals surface area contributed by atoms with Crippen LogP contribution in [0.4, 0.5) is 14.5 Å². The number of carbonyl (C=O) groups excluding carboxylic acids is 1. The molecule has 0 atom stereocenters. The summed E-state index contributed by atoms with van der Waals surface area (Å²) >= 11 is 0. The Balaban J connectivity index is 0.00000208. The molecule has 1 saturated carbocycles. The van der Waals surface area contributed by atoms with Crippen molar-refractivity contribution in [2.45, 2.75) is 25.4 Å². The molecular formula is C18H19ClF2N2O. The molecule has 0 aliphatic heterocycles. The van der Waals surface area contributed by atoms with E-state index in [1.807, 2.05) is 30.3 Å². The number of para-hydroxylation sites is 1. The molecule has 0 radical (unpaired) electrons. The Labute approximate surface area is 146 Å². The van der Waals surface area contributed by atoms with Gasteiger partial charge in [0.05, 0.1) is 6.54 Å². The molecular weight excluding hydrogens is 334 g/mol. The smallest absolute Gasteiger partial charge is 0.242 e. The quantitative estimate of drug-likeness (QED) is 0.852. The summed E-state index contributed by atoms with van der Waals surface area (Å²) in [6, 6.07) is 13.1. The molecule has 1 aliphatic rings. The highest BCUT2D eigenvalue weighted by Gasteiger charge is 2.32. The molecule has 0 unspecified atom stereocenters. The van der Waals surface area contributed by atoms with Gasteiger partial charge in [0.1, 0.15) is 11.6 Å². The highest BCUT2D eigenvalue weighted by molar-refractivity contribution is 5.85. The first-order chi connectivity index (χ1) is 11.1. The van der Waals surface area contributed by atoms with Crippen LogP contribution < -0.4 is 5.32 Å². The van der Waals surface area contributed by atoms with Crippen LogP contribution in [0.5, 0.6) is 0 Å². The van der Waals surface area contributed by atoms with Crippen LogP contribution in [-0.4, -0.2) is 23.4 Å². The second kappa shape index (κ2) is 8.11. The number of anilines is 1. The predicted octanol–water partition coefficient (Wildman–Crippen LogP) is 3.99. The van der Waals surface area contributed by atoms with Gasteiger partial charge in [-0.2, -0.15) is 0 Å². The fourth-order valence-electron chi connectivity index (χ4n) is 2.48. The molecule has 6 heteroatoms. The van der Waals surface area contributed by atoms with Crippen molar-refractivity contribution in [3.8, 4) is 0 Å². The van der Waals surface area contributed by atoms with E-state index in [0.717, 1.165) is 24.6 Å². The minimum Gasteiger partial charge on any atom is -0.376 e. The third kappa shape index (κ3) is 4.68. The molecule has 0 aromatic heterocycles. The van der Waals surface area contributed by atoms with E-state index in [4.69, 9.17) is 0 Å². The van der Waals surface area contributed by atoms with Crippen molar-refractivity contribution in [1.82, 2.24) is 4.90 Å². The zero-order valence-electron chi connectivity index (χ0n) is 13.0. The lowest BCUT2D eigenvalue weighted by Gasteiger charge is -2.23. The second-order valence-electron chi connectivity index (χ2n) is 5.71. The molecule has 3 nitrogen and oxygen atoms in total. The summed E-state index contributed by atoms with van der Waals surface area (Å²) in [5.41, 5.74) is 1.20. The molecule has 1 amide bonds. The summed E-state index contributed by atoms with van der Waals surface area (Å²) in [5.74, 6) is -1.30. The SMILES string of the molecule is Cl.O=C(CNc1ccccc1)N(Cc1ccc(F)cc1F)C1CC1. The molecule has 2 aromatic carbocycles. The van der Waals surface area contributed by atoms with Crippen LogP contribution in [0.25, 0.3) is 0 Å². The molecule has 2 aromatic rings. The zero-order valence-corrected chi connectivity index (χ0v) is 13.9. The van der Waals surface area contributed by atoms with Crippen LogP contribution in [-0.2, 0) is 11.3 Å². The van der Waals surface area contributed by atoms with E-state index >= 15 is 0 Å². The molecule has 3 rings (SSSR count). The van der Waals surface area contributed by atoms with E-state index in [2.05, 4.69) is 5.32 Å². The fraction of sp³-hybridized carbons (Fsp3) is 0.278. The Kier molecular flexibility index (Phi) is 6.15. The maximum atomic E-state index is 13.8. The molecule has 1 aliphatic carbocycles. The topological polar surface area (TPSA) is 32.3 Å². The fourth-order valence-corrected chi connectivity index (χ4v) is 2.48. The first-order valence-electron chi connectivity index (χ1n) is 7.66. The number of carbonyl (C=O) groups is 1. The first-order valence-corrected chi connectivity index (χ1v) is 7.66. The van der Waals surface area contributed by atoms with Gasteiger partial charge in [0.2, 0.25) is 5.91 Å². The molecule has 0 bridgehead atoms. The summed E-state index contributed by atoms with van der Waals surface area (Å²) in [5, 5.41) is 3.07. The average molecular weight is 353 g/mol. The van der Waals surface area contributed by atoms with Crippen molar-refractivity contribution >= 4 is 24.0 Å². The number of hydrogen-bond donors (Lipinski definition) is 1. The second-order valence-corrected chi connectivity index (χ2v) is 5.71. The molecule has 0 spiro atoms. The number of halogens is 3. The van der Waals surface area contributed by atoms with Crippen molar-refractivity contribution in [2.75, 3.05) is 11.9 Å². The standard InChI is InChI=1S/C18H18F2N2O.ClH/c19-14-7-6-13(17(20)10-14)12-22(16-8-9-16)18(23)11-21-15-4-2-1-3-5-15;/h1-7,10,16,21H,8-9,11-12H2;1H. The van der Waals surface area contributed by atoms with Gasteiger partial charge in [-0.15, -0.1) is 12.4 Å². The van der Waals surface area contributed by atoms with Crippen LogP contribution in [0.1, 0.15) is 18.4 Å². The number of nitrogens with zero attached hydrogens (tertiary/aromatic N) is 1. The number of nitrogens with one attached hydrogen (secondary N) is 1. The highest BCUT2D eigenvalue weighted by Crippen LogP contribution is 2.29. The molecule has 0 saturated heterocycles. The van der Waals surface area contributed by atoms with Crippen molar-refractivity contribution in [1.29, 1.82) is 0 Å². The van der Waals surface area contributed by atoms with Crippen LogP contribution in [0, 0.1) is 11.6 Å². The lowest BCUT2D eigenvalue weighted by atomic mass is 10.2. The lowest BCUT2D eigenvalue weighted by molar-refractivity contribution is -0.130. The Bertz CT molecular complexity index is 693. The van der Waals surface area contributed by atoms with Crippen molar-refractivity contribution in [3.63, 3.8) is 0 Å². The van der Waals surface area contributed by atoms with Gasteiger partial charge in [-0.1, -0.05) is 24.3 Å². The molecule has 24 heavy (non-hydrogen) atoms. The minimum atomic E-state index is -0.612. The third-order valence-corrected chi connectivity index (χ3v) is 3.88. The molecule has 1 fully saturated rings. The van der Waals surface area contributed by atoms with Gasteiger partial charge in [-0.25, -0.2) is 8.78 Å². The highest BCUT2D eigenvalue weighted by atomic mass is 35.5. The average Bonchev–Trinajstić information content (AvgIpc) is 3.38. The number of amides is 1. The van der Waals surface area contributed by atoms with E-state index in [-0.39, 0.29) is 37.4 Å². The Hall–Kier alpha value is -2.14. The third-order valence-electron chi connectivity index (χ3n) is 3.88. The van der Waals surface area contributed by atoms with E-state index < -0.39 is 11.6 Å². The van der Waals surface area contributed by atoms with Gasteiger partial charge < -0.3 is 10.2 Å². The van der Waals surface area contributed by atoms with E-state index in [1.165, 1.54) is 12.1 Å². The summed E-state index contributed by atoms with van der Waals surface area (Å²) < 4.78 is 26.8. The Morgan fingerprint density at radius 3 is 2.46 bits per heavy atom. The van der Waals surface area contributed by atoms with Crippen molar-refractivity contribution in [2.24, 2.45) is 0 Å². The Morgan fingerprint density at radius 1 is 1.12 bits per heavy atom. The van der Waals surface area contributed by atoms with Crippen LogP contribution >= 0.6 is 12.4 Å². The first kappa shape index (κ1) is 18.2. The summed E-state index contributed by atoms with van der Waals surface area (Å²) in [7, 11) is 0. The van der Waals surface area contributed by atoms with E-state index in [0.29, 0.717) is 5.56 Å². The normalized spacial score (nSPS) is 13.1. The van der Waals surface area contributed by atoms with Gasteiger partial charge in [0.15, 0.2) is 0 Å². The van der Waals surface area contributed by atoms with Gasteiger partial charge in [-0.3, -0.25) is 4.79 Å². The molecule has 1 N–H and O–H groups in total. The largest absolute Gasteiger partial charge is 0.376 e. The molecule has 0 heterocycles. The van der Waals surface area contributed by atoms with Gasteiger partial charge in [0, 0.05) is 29.9 Å². The number of benzene rings is 2. The Morgan fingerprint density at radius 2 is 1.83 bits per heavy atom. The minimum absolute atomic E-state index is 0. The van der Waals surface area contributed by atoms with Gasteiger partial charge in [-0.05, 0) is 31.0 Å². The summed E-state index contributed by atoms with van der Waals surface area (Å²) in [6.07, 6.45) is 1.86. The van der Waals surface area contributed by atoms with E-state index in [9.17, 15) is 13.6 Å². The van der Waals surface area contributed by atoms with Crippen LogP contribution in [0.15, 0.2) is 48.5 Å². The van der Waals surface area contributed by atoms with Crippen LogP contribution in [0.2, 0.25) is 0 Å². The zero-order chi connectivity index (χ0) is 16.2. The predicted molar refractivity (Wildman–Crippen MR) is 92.1 cm³/mol. The monoisotopic (exact) mass is 352 g/mol. The van der Waals surface area contributed by atoms with Crippen molar-refractivity contribution < 1.29 is 13.6 Å².